The second kappa shape index (κ2) is 8.04. The van der Waals surface area contributed by atoms with Crippen molar-refractivity contribution >= 4 is 21.6 Å². The molecule has 2 atom stereocenters. The van der Waals surface area contributed by atoms with Crippen LogP contribution in [-0.2, 0) is 14.8 Å². The molecular formula is C19H22F2N2O3S. The van der Waals surface area contributed by atoms with Gasteiger partial charge in [-0.05, 0) is 44.0 Å². The van der Waals surface area contributed by atoms with Crippen LogP contribution in [0.4, 0.5) is 14.5 Å². The van der Waals surface area contributed by atoms with Gasteiger partial charge in [0, 0.05) is 6.07 Å². The highest BCUT2D eigenvalue weighted by atomic mass is 32.2. The van der Waals surface area contributed by atoms with Gasteiger partial charge in [-0.3, -0.25) is 9.10 Å². The molecule has 27 heavy (non-hydrogen) atoms. The van der Waals surface area contributed by atoms with Crippen LogP contribution in [0.15, 0.2) is 42.5 Å². The molecule has 0 aliphatic carbocycles. The highest BCUT2D eigenvalue weighted by Crippen LogP contribution is 2.24. The van der Waals surface area contributed by atoms with E-state index in [0.717, 1.165) is 39.9 Å². The number of halogens is 2. The number of carbonyl (C=O) groups excluding carboxylic acids is 1. The van der Waals surface area contributed by atoms with Gasteiger partial charge in [0.15, 0.2) is 11.6 Å². The van der Waals surface area contributed by atoms with E-state index >= 15 is 0 Å². The summed E-state index contributed by atoms with van der Waals surface area (Å²) < 4.78 is 52.0. The minimum atomic E-state index is -3.92. The monoisotopic (exact) mass is 396 g/mol. The molecule has 2 aromatic carbocycles. The molecule has 0 aliphatic rings. The SMILES string of the molecule is Cc1ccccc1[C@H](C)NC(=O)[C@H](C)N(c1ccc(F)c(F)c1)S(C)(=O)=O. The van der Waals surface area contributed by atoms with Crippen molar-refractivity contribution in [3.05, 3.63) is 65.2 Å². The number of benzene rings is 2. The molecule has 146 valence electrons. The first-order chi connectivity index (χ1) is 12.5. The van der Waals surface area contributed by atoms with Crippen LogP contribution >= 0.6 is 0 Å². The molecule has 0 heterocycles. The minimum absolute atomic E-state index is 0.123. The van der Waals surface area contributed by atoms with E-state index < -0.39 is 33.6 Å². The number of nitrogens with zero attached hydrogens (tertiary/aromatic N) is 1. The standard InChI is InChI=1S/C19H22F2N2O3S/c1-12-7-5-6-8-16(12)13(2)22-19(24)14(3)23(27(4,25)26)15-9-10-17(20)18(21)11-15/h5-11,13-14H,1-4H3,(H,22,24)/t13-,14-/m0/s1. The Morgan fingerprint density at radius 3 is 2.26 bits per heavy atom. The molecule has 2 aromatic rings. The molecule has 1 amide bonds. The second-order valence-electron chi connectivity index (χ2n) is 6.42. The predicted octanol–water partition coefficient (Wildman–Crippen LogP) is 3.31. The fraction of sp³-hybridized carbons (Fsp3) is 0.316. The number of amides is 1. The first kappa shape index (κ1) is 20.8. The van der Waals surface area contributed by atoms with E-state index in [1.54, 1.807) is 6.92 Å². The topological polar surface area (TPSA) is 66.5 Å². The number of nitrogens with one attached hydrogen (secondary N) is 1. The van der Waals surface area contributed by atoms with E-state index in [0.29, 0.717) is 0 Å². The summed E-state index contributed by atoms with van der Waals surface area (Å²) >= 11 is 0. The van der Waals surface area contributed by atoms with Crippen LogP contribution in [-0.4, -0.2) is 26.6 Å². The molecule has 0 radical (unpaired) electrons. The molecule has 0 aromatic heterocycles. The van der Waals surface area contributed by atoms with E-state index in [4.69, 9.17) is 0 Å². The van der Waals surface area contributed by atoms with E-state index in [2.05, 4.69) is 5.32 Å². The zero-order valence-electron chi connectivity index (χ0n) is 15.5. The van der Waals surface area contributed by atoms with Gasteiger partial charge in [-0.1, -0.05) is 24.3 Å². The van der Waals surface area contributed by atoms with Crippen LogP contribution in [0.1, 0.15) is 31.0 Å². The van der Waals surface area contributed by atoms with Crippen molar-refractivity contribution in [3.8, 4) is 0 Å². The summed E-state index contributed by atoms with van der Waals surface area (Å²) in [5, 5.41) is 2.77. The zero-order valence-corrected chi connectivity index (χ0v) is 16.3. The van der Waals surface area contributed by atoms with E-state index in [-0.39, 0.29) is 11.7 Å². The number of carbonyl (C=O) groups is 1. The Bertz CT molecular complexity index is 948. The summed E-state index contributed by atoms with van der Waals surface area (Å²) in [6.45, 7) is 5.09. The smallest absolute Gasteiger partial charge is 0.244 e. The zero-order chi connectivity index (χ0) is 20.4. The number of anilines is 1. The summed E-state index contributed by atoms with van der Waals surface area (Å²) in [7, 11) is -3.92. The van der Waals surface area contributed by atoms with Gasteiger partial charge in [0.2, 0.25) is 15.9 Å². The first-order valence-corrected chi connectivity index (χ1v) is 10.2. The lowest BCUT2D eigenvalue weighted by atomic mass is 10.0. The van der Waals surface area contributed by atoms with Crippen molar-refractivity contribution in [2.75, 3.05) is 10.6 Å². The summed E-state index contributed by atoms with van der Waals surface area (Å²) in [6, 6.07) is 8.69. The molecule has 0 unspecified atom stereocenters. The minimum Gasteiger partial charge on any atom is -0.348 e. The molecule has 0 fully saturated rings. The maximum atomic E-state index is 13.6. The third kappa shape index (κ3) is 4.82. The largest absolute Gasteiger partial charge is 0.348 e. The molecule has 0 aliphatic heterocycles. The summed E-state index contributed by atoms with van der Waals surface area (Å²) in [5.74, 6) is -2.85. The third-order valence-electron chi connectivity index (χ3n) is 4.26. The van der Waals surface area contributed by atoms with Crippen molar-refractivity contribution in [2.24, 2.45) is 0 Å². The Hall–Kier alpha value is -2.48. The van der Waals surface area contributed by atoms with Crippen LogP contribution < -0.4 is 9.62 Å². The number of aryl methyl sites for hydroxylation is 1. The van der Waals surface area contributed by atoms with Crippen LogP contribution in [0.2, 0.25) is 0 Å². The number of hydrogen-bond acceptors (Lipinski definition) is 3. The van der Waals surface area contributed by atoms with Gasteiger partial charge in [-0.15, -0.1) is 0 Å². The van der Waals surface area contributed by atoms with Crippen molar-refractivity contribution in [1.82, 2.24) is 5.32 Å². The van der Waals surface area contributed by atoms with Gasteiger partial charge in [0.1, 0.15) is 6.04 Å². The van der Waals surface area contributed by atoms with Crippen LogP contribution in [0.25, 0.3) is 0 Å². The van der Waals surface area contributed by atoms with Crippen LogP contribution in [0.5, 0.6) is 0 Å². The van der Waals surface area contributed by atoms with Gasteiger partial charge in [-0.25, -0.2) is 17.2 Å². The summed E-state index contributed by atoms with van der Waals surface area (Å²) in [4.78, 5) is 12.7. The maximum Gasteiger partial charge on any atom is 0.244 e. The van der Waals surface area contributed by atoms with Gasteiger partial charge in [-0.2, -0.15) is 0 Å². The predicted molar refractivity (Wildman–Crippen MR) is 101 cm³/mol. The van der Waals surface area contributed by atoms with Crippen molar-refractivity contribution < 1.29 is 22.0 Å². The third-order valence-corrected chi connectivity index (χ3v) is 5.50. The molecule has 8 heteroatoms. The van der Waals surface area contributed by atoms with Crippen molar-refractivity contribution in [1.29, 1.82) is 0 Å². The first-order valence-electron chi connectivity index (χ1n) is 8.32. The number of rotatable bonds is 6. The Labute approximate surface area is 158 Å². The lowest BCUT2D eigenvalue weighted by Gasteiger charge is -2.29. The lowest BCUT2D eigenvalue weighted by molar-refractivity contribution is -0.122. The number of sulfonamides is 1. The second-order valence-corrected chi connectivity index (χ2v) is 8.28. The Kier molecular flexibility index (Phi) is 6.20. The van der Waals surface area contributed by atoms with Crippen molar-refractivity contribution in [2.45, 2.75) is 32.9 Å². The Morgan fingerprint density at radius 1 is 1.07 bits per heavy atom. The van der Waals surface area contributed by atoms with Gasteiger partial charge < -0.3 is 5.32 Å². The maximum absolute atomic E-state index is 13.6. The van der Waals surface area contributed by atoms with Crippen molar-refractivity contribution in [3.63, 3.8) is 0 Å². The fourth-order valence-corrected chi connectivity index (χ4v) is 4.08. The summed E-state index contributed by atoms with van der Waals surface area (Å²) in [6.07, 6.45) is 0.906. The normalized spacial score (nSPS) is 13.7. The van der Waals surface area contributed by atoms with E-state index in [9.17, 15) is 22.0 Å². The van der Waals surface area contributed by atoms with Crippen LogP contribution in [0.3, 0.4) is 0 Å². The fourth-order valence-electron chi connectivity index (χ4n) is 2.92. The molecule has 0 saturated heterocycles. The number of hydrogen-bond donors (Lipinski definition) is 1. The summed E-state index contributed by atoms with van der Waals surface area (Å²) in [5.41, 5.74) is 1.76. The van der Waals surface area contributed by atoms with Gasteiger partial charge in [0.25, 0.3) is 0 Å². The molecule has 0 saturated carbocycles. The average molecular weight is 396 g/mol. The lowest BCUT2D eigenvalue weighted by Crippen LogP contribution is -2.48. The molecule has 5 nitrogen and oxygen atoms in total. The van der Waals surface area contributed by atoms with Gasteiger partial charge >= 0.3 is 0 Å². The van der Waals surface area contributed by atoms with E-state index in [1.165, 1.54) is 6.92 Å². The van der Waals surface area contributed by atoms with Gasteiger partial charge in [0.05, 0.1) is 18.0 Å². The Morgan fingerprint density at radius 2 is 1.70 bits per heavy atom. The molecule has 2 rings (SSSR count). The highest BCUT2D eigenvalue weighted by molar-refractivity contribution is 7.92. The highest BCUT2D eigenvalue weighted by Gasteiger charge is 2.30. The Balaban J connectivity index is 2.30. The van der Waals surface area contributed by atoms with E-state index in [1.807, 2.05) is 31.2 Å². The molecule has 1 N–H and O–H groups in total. The molecule has 0 spiro atoms. The molecule has 0 bridgehead atoms. The van der Waals surface area contributed by atoms with Crippen LogP contribution in [0, 0.1) is 18.6 Å². The quantitative estimate of drug-likeness (QED) is 0.815. The molecular weight excluding hydrogens is 374 g/mol. The average Bonchev–Trinajstić information content (AvgIpc) is 2.57.